The number of hydrogen-bond donors (Lipinski definition) is 7. The van der Waals surface area contributed by atoms with Crippen molar-refractivity contribution in [3.05, 3.63) is 88.8 Å². The van der Waals surface area contributed by atoms with Crippen LogP contribution in [0.1, 0.15) is 149 Å². The smallest absolute Gasteiger partial charge is 0.410 e. The maximum Gasteiger partial charge on any atom is 0.410 e. The molecule has 2 aliphatic carbocycles. The molecule has 1 aromatic carbocycles. The van der Waals surface area contributed by atoms with Gasteiger partial charge in [0.2, 0.25) is 5.91 Å². The van der Waals surface area contributed by atoms with Gasteiger partial charge < -0.3 is 65.5 Å². The third-order valence-corrected chi connectivity index (χ3v) is 14.1. The van der Waals surface area contributed by atoms with Crippen molar-refractivity contribution in [3.63, 3.8) is 0 Å². The molecule has 3 fully saturated rings. The Hall–Kier alpha value is -5.77. The molecule has 0 spiro atoms. The van der Waals surface area contributed by atoms with Gasteiger partial charge in [-0.1, -0.05) is 58.1 Å². The van der Waals surface area contributed by atoms with Gasteiger partial charge in [-0.15, -0.1) is 0 Å². The molecule has 4 aliphatic heterocycles. The lowest BCUT2D eigenvalue weighted by molar-refractivity contribution is -0.123. The number of nitrogens with zero attached hydrogens (tertiary/aromatic N) is 4. The second kappa shape index (κ2) is 29.4. The molecular formula is C58H90N10O10. The number of fused-ring (bicyclic) bond motifs is 3. The van der Waals surface area contributed by atoms with Crippen LogP contribution >= 0.6 is 0 Å². The third kappa shape index (κ3) is 17.6. The zero-order chi connectivity index (χ0) is 57.2. The van der Waals surface area contributed by atoms with Gasteiger partial charge >= 0.3 is 12.2 Å². The number of nitrogens with one attached hydrogen (secondary N) is 5. The first-order valence-corrected chi connectivity index (χ1v) is 27.8. The summed E-state index contributed by atoms with van der Waals surface area (Å²) >= 11 is 0. The molecule has 2 aromatic rings. The van der Waals surface area contributed by atoms with Gasteiger partial charge in [-0.3, -0.25) is 15.1 Å². The molecule has 3 saturated heterocycles. The molecule has 0 radical (unpaired) electrons. The number of rotatable bonds is 12. The van der Waals surface area contributed by atoms with E-state index in [4.69, 9.17) is 34.4 Å². The number of nitrogens with two attached hydrogens (primary N) is 1. The quantitative estimate of drug-likeness (QED) is 0.0640. The number of alkyl carbamates (subject to hydrolysis) is 1. The van der Waals surface area contributed by atoms with Crippen LogP contribution in [0, 0.1) is 5.92 Å². The van der Waals surface area contributed by atoms with Crippen LogP contribution in [-0.2, 0) is 45.5 Å². The summed E-state index contributed by atoms with van der Waals surface area (Å²) in [6.07, 6.45) is 15.3. The van der Waals surface area contributed by atoms with Crippen molar-refractivity contribution in [1.29, 1.82) is 0 Å². The molecule has 0 saturated carbocycles. The number of aldehydes is 1. The van der Waals surface area contributed by atoms with Crippen molar-refractivity contribution < 1.29 is 48.0 Å². The number of aliphatic imine (C=N–C) groups is 1. The lowest BCUT2D eigenvalue weighted by Gasteiger charge is -2.29. The van der Waals surface area contributed by atoms with E-state index >= 15 is 0 Å². The van der Waals surface area contributed by atoms with Crippen LogP contribution < -0.4 is 32.3 Å². The topological polar surface area (TPSA) is 262 Å². The van der Waals surface area contributed by atoms with Gasteiger partial charge in [0.05, 0.1) is 67.4 Å². The first kappa shape index (κ1) is 63.1. The maximum atomic E-state index is 11.9. The summed E-state index contributed by atoms with van der Waals surface area (Å²) in [5, 5.41) is 24.0. The van der Waals surface area contributed by atoms with E-state index in [1.807, 2.05) is 44.5 Å². The summed E-state index contributed by atoms with van der Waals surface area (Å²) in [5.41, 5.74) is 12.8. The molecule has 432 valence electrons. The highest BCUT2D eigenvalue weighted by Crippen LogP contribution is 2.57. The highest BCUT2D eigenvalue weighted by Gasteiger charge is 2.59. The fraction of sp³-hybridized carbons (Fsp3) is 0.638. The Balaban J connectivity index is 0.000000245. The van der Waals surface area contributed by atoms with Crippen molar-refractivity contribution in [3.8, 4) is 0 Å². The van der Waals surface area contributed by atoms with Gasteiger partial charge in [0.25, 0.3) is 0 Å². The molecule has 3 amide bonds. The van der Waals surface area contributed by atoms with E-state index in [2.05, 4.69) is 89.9 Å². The van der Waals surface area contributed by atoms with Gasteiger partial charge in [-0.25, -0.2) is 19.6 Å². The second-order valence-electron chi connectivity index (χ2n) is 22.0. The number of carbonyl (C=O) groups is 4. The number of anilines is 1. The van der Waals surface area contributed by atoms with Crippen LogP contribution in [0.25, 0.3) is 0 Å². The predicted molar refractivity (Wildman–Crippen MR) is 302 cm³/mol. The van der Waals surface area contributed by atoms with Crippen LogP contribution in [-0.4, -0.2) is 145 Å². The molecular weight excluding hydrogens is 997 g/mol. The molecule has 0 bridgehead atoms. The van der Waals surface area contributed by atoms with E-state index in [-0.39, 0.29) is 68.1 Å². The van der Waals surface area contributed by atoms with Crippen LogP contribution in [0.5, 0.6) is 0 Å². The fourth-order valence-corrected chi connectivity index (χ4v) is 10.1. The largest absolute Gasteiger partial charge is 0.445 e. The maximum absolute atomic E-state index is 11.9. The van der Waals surface area contributed by atoms with Crippen molar-refractivity contribution in [1.82, 2.24) is 36.1 Å². The van der Waals surface area contributed by atoms with Gasteiger partial charge in [0.15, 0.2) is 0 Å². The predicted octanol–water partition coefficient (Wildman–Crippen LogP) is 7.02. The molecule has 20 nitrogen and oxygen atoms in total. The number of ether oxygens (including phenoxy) is 5. The minimum atomic E-state index is -0.665. The first-order valence-electron chi connectivity index (χ1n) is 27.8. The number of allylic oxidation sites excluding steroid dienone is 1. The zero-order valence-corrected chi connectivity index (χ0v) is 48.1. The molecule has 9 unspecified atom stereocenters. The van der Waals surface area contributed by atoms with Crippen LogP contribution in [0.15, 0.2) is 71.3 Å². The molecule has 5 heterocycles. The molecule has 8 rings (SSSR count). The number of aliphatic hydroxyl groups is 1. The summed E-state index contributed by atoms with van der Waals surface area (Å²) in [4.78, 5) is 60.0. The Labute approximate surface area is 462 Å². The van der Waals surface area contributed by atoms with E-state index in [1.165, 1.54) is 6.42 Å². The molecule has 78 heavy (non-hydrogen) atoms. The van der Waals surface area contributed by atoms with E-state index in [0.29, 0.717) is 32.6 Å². The first-order chi connectivity index (χ1) is 37.2. The zero-order valence-electron chi connectivity index (χ0n) is 48.1. The standard InChI is InChI=1S/C31H44N6O3.C14H20N2O3.C10H18N2O4.C3H8/c1-6-33-29-25-20(4)34-12-8-7-9-18(2)27-26-28(36-17-35-27)30(26,5)38-16-23-21(13-24(32)37-23)14-31(25,29)39-15-22-11-10-19(3)40-22;1-15-12-6-4-11(5-7-12)10-19-14(18)16-8-2-3-13(16)9-17;1-7(6-13)12-8(14)5-11-9(15)16-10(2,3)4;1-3-2/h6-8,17-19,21-24,34,37H,4,9-16,32H2,1-3,5H3;4-7,13,15,17H,2-3,8-10H2,1H3;6-7H,5H2,1-4H3,(H,11,15)(H,12,14);3H2,1-2H3/b8-7+,33-6?;;;/t18?,19?,21-,22?,23?,24?,30?,31?;;;/m1.../s1. The molecule has 10 atom stereocenters. The van der Waals surface area contributed by atoms with E-state index < -0.39 is 34.8 Å². The lowest BCUT2D eigenvalue weighted by atomic mass is 9.89. The fourth-order valence-electron chi connectivity index (χ4n) is 10.1. The Kier molecular flexibility index (Phi) is 23.8. The summed E-state index contributed by atoms with van der Waals surface area (Å²) in [6, 6.07) is 7.16. The molecule has 6 aliphatic rings. The van der Waals surface area contributed by atoms with Gasteiger partial charge in [0, 0.05) is 60.8 Å². The summed E-state index contributed by atoms with van der Waals surface area (Å²) in [7, 11) is 1.86. The number of aromatic nitrogens is 2. The van der Waals surface area contributed by atoms with Crippen molar-refractivity contribution in [2.24, 2.45) is 16.6 Å². The van der Waals surface area contributed by atoms with Gasteiger partial charge in [0.1, 0.15) is 42.6 Å². The van der Waals surface area contributed by atoms with Crippen LogP contribution in [0.4, 0.5) is 15.3 Å². The van der Waals surface area contributed by atoms with Crippen molar-refractivity contribution in [2.45, 2.75) is 186 Å². The average Bonchev–Trinajstić information content (AvgIpc) is 3.84. The van der Waals surface area contributed by atoms with Crippen LogP contribution in [0.2, 0.25) is 0 Å². The Bertz CT molecular complexity index is 2410. The number of aliphatic hydroxyl groups excluding tert-OH is 1. The lowest BCUT2D eigenvalue weighted by Crippen LogP contribution is -2.42. The van der Waals surface area contributed by atoms with Gasteiger partial charge in [-0.05, 0) is 117 Å². The summed E-state index contributed by atoms with van der Waals surface area (Å²) in [5.74, 6) is 0.0584. The molecule has 8 N–H and O–H groups in total. The number of benzene rings is 1. The normalized spacial score (nSPS) is 27.9. The SMILES string of the molecule is C=C1NC/C=C/CC(C)c2ncnc3c2C3(C)OCC2NC(N)C[C@@H]2CC2(OCC3CCC(C)O3)C(N=CC)=C12.CC(C=O)NC(=O)CNC(=O)OC(C)(C)C.CCC.CNc1ccc(COC(=O)N2CCCC2CO)cc1. The minimum absolute atomic E-state index is 0.00592. The van der Waals surface area contributed by atoms with E-state index in [1.54, 1.807) is 38.9 Å². The minimum Gasteiger partial charge on any atom is -0.445 e. The molecule has 1 aromatic heterocycles. The van der Waals surface area contributed by atoms with Crippen LogP contribution in [0.3, 0.4) is 0 Å². The van der Waals surface area contributed by atoms with E-state index in [9.17, 15) is 24.3 Å². The molecule has 20 heteroatoms. The number of likely N-dealkylation sites (tertiary alicyclic amines) is 1. The second-order valence-corrected chi connectivity index (χ2v) is 22.0. The van der Waals surface area contributed by atoms with Crippen molar-refractivity contribution >= 4 is 36.3 Å². The van der Waals surface area contributed by atoms with Gasteiger partial charge in [-0.2, -0.15) is 0 Å². The Morgan fingerprint density at radius 1 is 1.12 bits per heavy atom. The van der Waals surface area contributed by atoms with Crippen molar-refractivity contribution in [2.75, 3.05) is 51.8 Å². The average molecular weight is 1090 g/mol. The monoisotopic (exact) mass is 1090 g/mol. The summed E-state index contributed by atoms with van der Waals surface area (Å²) in [6.45, 7) is 26.2. The van der Waals surface area contributed by atoms with E-state index in [0.717, 1.165) is 90.1 Å². The number of amides is 3. The Morgan fingerprint density at radius 2 is 1.85 bits per heavy atom. The summed E-state index contributed by atoms with van der Waals surface area (Å²) < 4.78 is 29.8. The number of carbonyl (C=O) groups excluding carboxylic acids is 4. The number of hydrogen-bond acceptors (Lipinski definition) is 17. The highest BCUT2D eigenvalue weighted by molar-refractivity contribution is 5.84. The Morgan fingerprint density at radius 3 is 2.49 bits per heavy atom. The third-order valence-electron chi connectivity index (χ3n) is 14.1. The highest BCUT2D eigenvalue weighted by atomic mass is 16.6.